The first-order chi connectivity index (χ1) is 8.00. The second-order valence-electron chi connectivity index (χ2n) is 3.98. The maximum atomic E-state index is 12.2. The lowest BCUT2D eigenvalue weighted by Crippen LogP contribution is -2.38. The molecule has 0 saturated heterocycles. The van der Waals surface area contributed by atoms with Gasteiger partial charge in [0.2, 0.25) is 10.0 Å². The van der Waals surface area contributed by atoms with Crippen LogP contribution in [-0.2, 0) is 14.9 Å². The number of nitrogens with one attached hydrogen (secondary N) is 1. The molecule has 1 N–H and O–H groups in total. The fourth-order valence-corrected chi connectivity index (χ4v) is 3.46. The zero-order chi connectivity index (χ0) is 12.5. The molecule has 0 saturated carbocycles. The highest BCUT2D eigenvalue weighted by Crippen LogP contribution is 2.21. The van der Waals surface area contributed by atoms with Gasteiger partial charge in [-0.05, 0) is 26.0 Å². The van der Waals surface area contributed by atoms with Gasteiger partial charge in [0.05, 0.1) is 5.71 Å². The van der Waals surface area contributed by atoms with Crippen LogP contribution >= 0.6 is 0 Å². The number of sulfonamides is 1. The van der Waals surface area contributed by atoms with Crippen LogP contribution in [0.3, 0.4) is 0 Å². The monoisotopic (exact) mass is 254 g/mol. The summed E-state index contributed by atoms with van der Waals surface area (Å²) in [5, 5.41) is 2.97. The molecule has 0 amide bonds. The number of benzene rings is 1. The molecular formula is C11H14N2O3S. The fraction of sp³-hybridized carbons (Fsp3) is 0.364. The summed E-state index contributed by atoms with van der Waals surface area (Å²) >= 11 is 0. The minimum Gasteiger partial charge on any atom is -0.391 e. The summed E-state index contributed by atoms with van der Waals surface area (Å²) in [6, 6.07) is 8.77. The van der Waals surface area contributed by atoms with Crippen LogP contribution in [-0.4, -0.2) is 25.5 Å². The van der Waals surface area contributed by atoms with Gasteiger partial charge in [-0.1, -0.05) is 23.4 Å². The third-order valence-corrected chi connectivity index (χ3v) is 4.48. The van der Waals surface area contributed by atoms with Crippen molar-refractivity contribution in [1.29, 1.82) is 0 Å². The molecule has 0 spiro atoms. The van der Waals surface area contributed by atoms with Crippen LogP contribution in [0.2, 0.25) is 0 Å². The highest BCUT2D eigenvalue weighted by molar-refractivity contribution is 7.94. The number of hydrogen-bond donors (Lipinski definition) is 1. The highest BCUT2D eigenvalue weighted by Gasteiger charge is 2.39. The van der Waals surface area contributed by atoms with Crippen molar-refractivity contribution in [2.75, 3.05) is 4.72 Å². The molecule has 1 heterocycles. The quantitative estimate of drug-likeness (QED) is 0.890. The molecule has 0 aromatic heterocycles. The van der Waals surface area contributed by atoms with Gasteiger partial charge in [-0.3, -0.25) is 4.72 Å². The Morgan fingerprint density at radius 3 is 2.47 bits per heavy atom. The van der Waals surface area contributed by atoms with Gasteiger partial charge in [0.15, 0.2) is 5.25 Å². The smallest absolute Gasteiger partial charge is 0.244 e. The lowest BCUT2D eigenvalue weighted by molar-refractivity contribution is 0.101. The predicted octanol–water partition coefficient (Wildman–Crippen LogP) is 1.59. The Kier molecular flexibility index (Phi) is 3.06. The molecule has 0 fully saturated rings. The van der Waals surface area contributed by atoms with Crippen molar-refractivity contribution in [2.45, 2.75) is 25.2 Å². The largest absolute Gasteiger partial charge is 0.391 e. The molecule has 6 heteroatoms. The van der Waals surface area contributed by atoms with Crippen molar-refractivity contribution in [3.63, 3.8) is 0 Å². The van der Waals surface area contributed by atoms with Gasteiger partial charge in [-0.15, -0.1) is 0 Å². The molecular weight excluding hydrogens is 240 g/mol. The molecule has 2 rings (SSSR count). The first-order valence-electron chi connectivity index (χ1n) is 5.28. The van der Waals surface area contributed by atoms with Crippen LogP contribution in [0.4, 0.5) is 5.69 Å². The van der Waals surface area contributed by atoms with Crippen molar-refractivity contribution >= 4 is 21.4 Å². The zero-order valence-electron chi connectivity index (χ0n) is 9.62. The Hall–Kier alpha value is -1.56. The van der Waals surface area contributed by atoms with E-state index in [-0.39, 0.29) is 0 Å². The normalized spacial score (nSPS) is 24.0. The second-order valence-corrected chi connectivity index (χ2v) is 5.78. The summed E-state index contributed by atoms with van der Waals surface area (Å²) < 4.78 is 26.8. The average molecular weight is 254 g/mol. The topological polar surface area (TPSA) is 67.8 Å². The molecule has 0 bridgehead atoms. The van der Waals surface area contributed by atoms with Crippen molar-refractivity contribution < 1.29 is 13.3 Å². The van der Waals surface area contributed by atoms with Crippen LogP contribution in [0.25, 0.3) is 0 Å². The van der Waals surface area contributed by atoms with Gasteiger partial charge in [0, 0.05) is 5.69 Å². The molecule has 0 radical (unpaired) electrons. The Morgan fingerprint density at radius 1 is 1.29 bits per heavy atom. The summed E-state index contributed by atoms with van der Waals surface area (Å²) in [4.78, 5) is 4.97. The van der Waals surface area contributed by atoms with Gasteiger partial charge in [-0.2, -0.15) is 0 Å². The number of nitrogens with zero attached hydrogens (tertiary/aromatic N) is 1. The van der Waals surface area contributed by atoms with Gasteiger partial charge in [0.25, 0.3) is 0 Å². The summed E-state index contributed by atoms with van der Waals surface area (Å²) in [7, 11) is -3.52. The molecule has 1 aliphatic heterocycles. The summed E-state index contributed by atoms with van der Waals surface area (Å²) in [5.74, 6) is 0. The average Bonchev–Trinajstić information content (AvgIpc) is 2.59. The van der Waals surface area contributed by atoms with E-state index >= 15 is 0 Å². The molecule has 1 aliphatic rings. The van der Waals surface area contributed by atoms with E-state index in [1.54, 1.807) is 38.1 Å². The summed E-state index contributed by atoms with van der Waals surface area (Å²) in [5.41, 5.74) is 1.01. The molecule has 17 heavy (non-hydrogen) atoms. The first-order valence-corrected chi connectivity index (χ1v) is 6.82. The van der Waals surface area contributed by atoms with E-state index < -0.39 is 21.4 Å². The molecule has 0 aliphatic carbocycles. The van der Waals surface area contributed by atoms with E-state index in [2.05, 4.69) is 9.88 Å². The lowest BCUT2D eigenvalue weighted by atomic mass is 10.2. The number of rotatable bonds is 3. The Labute approximate surface area is 101 Å². The van der Waals surface area contributed by atoms with E-state index in [4.69, 9.17) is 4.84 Å². The molecule has 2 atom stereocenters. The van der Waals surface area contributed by atoms with Crippen molar-refractivity contribution in [3.05, 3.63) is 30.3 Å². The third kappa shape index (κ3) is 2.41. The fourth-order valence-electron chi connectivity index (χ4n) is 1.82. The second kappa shape index (κ2) is 4.37. The van der Waals surface area contributed by atoms with E-state index in [1.165, 1.54) is 0 Å². The van der Waals surface area contributed by atoms with Crippen molar-refractivity contribution in [3.8, 4) is 0 Å². The van der Waals surface area contributed by atoms with Crippen LogP contribution in [0, 0.1) is 0 Å². The van der Waals surface area contributed by atoms with Crippen LogP contribution in [0.5, 0.6) is 0 Å². The molecule has 1 aromatic rings. The van der Waals surface area contributed by atoms with Crippen LogP contribution < -0.4 is 4.72 Å². The zero-order valence-corrected chi connectivity index (χ0v) is 10.4. The minimum absolute atomic E-state index is 0.462. The van der Waals surface area contributed by atoms with Gasteiger partial charge >= 0.3 is 0 Å². The van der Waals surface area contributed by atoms with Crippen LogP contribution in [0.1, 0.15) is 13.8 Å². The number of hydrogen-bond acceptors (Lipinski definition) is 4. The van der Waals surface area contributed by atoms with Gasteiger partial charge < -0.3 is 4.84 Å². The number of para-hydroxylation sites is 1. The Bertz CT molecular complexity index is 525. The van der Waals surface area contributed by atoms with E-state index in [9.17, 15) is 8.42 Å². The Morgan fingerprint density at radius 2 is 1.94 bits per heavy atom. The summed E-state index contributed by atoms with van der Waals surface area (Å²) in [6.07, 6.45) is -0.462. The van der Waals surface area contributed by atoms with Gasteiger partial charge in [0.1, 0.15) is 6.10 Å². The third-order valence-electron chi connectivity index (χ3n) is 2.57. The number of oxime groups is 1. The molecule has 1 aromatic carbocycles. The minimum atomic E-state index is -3.52. The molecule has 5 nitrogen and oxygen atoms in total. The lowest BCUT2D eigenvalue weighted by Gasteiger charge is -2.16. The summed E-state index contributed by atoms with van der Waals surface area (Å²) in [6.45, 7) is 3.34. The molecule has 0 unspecified atom stereocenters. The number of anilines is 1. The van der Waals surface area contributed by atoms with E-state index in [0.717, 1.165) is 0 Å². The van der Waals surface area contributed by atoms with Gasteiger partial charge in [-0.25, -0.2) is 8.42 Å². The van der Waals surface area contributed by atoms with Crippen LogP contribution in [0.15, 0.2) is 35.5 Å². The first kappa shape index (κ1) is 11.9. The van der Waals surface area contributed by atoms with E-state index in [0.29, 0.717) is 11.4 Å². The maximum Gasteiger partial charge on any atom is 0.244 e. The Balaban J connectivity index is 2.23. The standard InChI is InChI=1S/C11H14N2O3S/c1-8-11(9(2)16-12-8)17(14,15)13-10-6-4-3-5-7-10/h3-7,9,11,13H,1-2H3/t9-,11+/m0/s1. The van der Waals surface area contributed by atoms with E-state index in [1.807, 2.05) is 6.07 Å². The van der Waals surface area contributed by atoms with Crippen molar-refractivity contribution in [2.24, 2.45) is 5.16 Å². The maximum absolute atomic E-state index is 12.2. The SMILES string of the molecule is CC1=NO[C@@H](C)[C@@H]1S(=O)(=O)Nc1ccccc1. The van der Waals surface area contributed by atoms with Crippen molar-refractivity contribution in [1.82, 2.24) is 0 Å². The highest BCUT2D eigenvalue weighted by atomic mass is 32.2. The molecule has 92 valence electrons. The predicted molar refractivity (Wildman–Crippen MR) is 66.4 cm³/mol.